The molecule has 4 aliphatic rings. The van der Waals surface area contributed by atoms with Gasteiger partial charge in [-0.1, -0.05) is 45.6 Å². The van der Waals surface area contributed by atoms with E-state index in [2.05, 4.69) is 27.7 Å². The first kappa shape index (κ1) is 22.1. The molecule has 0 aromatic heterocycles. The van der Waals surface area contributed by atoms with Crippen LogP contribution in [-0.4, -0.2) is 17.9 Å². The molecule has 7 atom stereocenters. The molecular formula is C27H42O3. The van der Waals surface area contributed by atoms with Crippen molar-refractivity contribution in [2.45, 2.75) is 111 Å². The summed E-state index contributed by atoms with van der Waals surface area (Å²) in [6.07, 6.45) is 15.0. The Morgan fingerprint density at radius 3 is 2.63 bits per heavy atom. The van der Waals surface area contributed by atoms with E-state index < -0.39 is 0 Å². The summed E-state index contributed by atoms with van der Waals surface area (Å²) in [5, 5.41) is 0. The third-order valence-corrected chi connectivity index (χ3v) is 10.00. The first-order chi connectivity index (χ1) is 14.3. The number of ketones is 1. The molecule has 3 saturated carbocycles. The lowest BCUT2D eigenvalue weighted by Gasteiger charge is -2.60. The molecule has 4 rings (SSSR count). The fourth-order valence-electron chi connectivity index (χ4n) is 8.12. The fourth-order valence-corrected chi connectivity index (χ4v) is 8.12. The summed E-state index contributed by atoms with van der Waals surface area (Å²) in [6.45, 7) is 9.28. The lowest BCUT2D eigenvalue weighted by molar-refractivity contribution is -0.161. The zero-order chi connectivity index (χ0) is 21.5. The molecule has 30 heavy (non-hydrogen) atoms. The number of hydrogen-bond acceptors (Lipinski definition) is 3. The zero-order valence-electron chi connectivity index (χ0n) is 19.7. The third kappa shape index (κ3) is 3.58. The average molecular weight is 415 g/mol. The molecule has 3 heteroatoms. The summed E-state index contributed by atoms with van der Waals surface area (Å²) < 4.78 is 6.12. The van der Waals surface area contributed by atoms with Gasteiger partial charge >= 0.3 is 5.97 Å². The van der Waals surface area contributed by atoms with Gasteiger partial charge in [-0.25, -0.2) is 0 Å². The topological polar surface area (TPSA) is 43.4 Å². The predicted molar refractivity (Wildman–Crippen MR) is 120 cm³/mol. The van der Waals surface area contributed by atoms with E-state index in [4.69, 9.17) is 4.74 Å². The first-order valence-electron chi connectivity index (χ1n) is 12.7. The average Bonchev–Trinajstić information content (AvgIpc) is 3.03. The third-order valence-electron chi connectivity index (χ3n) is 10.00. The molecule has 3 fully saturated rings. The van der Waals surface area contributed by atoms with Crippen molar-refractivity contribution in [3.8, 4) is 0 Å². The maximum absolute atomic E-state index is 12.5. The molecule has 0 aliphatic heterocycles. The molecule has 0 spiro atoms. The number of rotatable bonds is 6. The smallest absolute Gasteiger partial charge is 0.306 e. The molecular weight excluding hydrogens is 372 g/mol. The van der Waals surface area contributed by atoms with Crippen LogP contribution in [0.2, 0.25) is 0 Å². The van der Waals surface area contributed by atoms with Crippen LogP contribution < -0.4 is 0 Å². The Bertz CT molecular complexity index is 709. The van der Waals surface area contributed by atoms with Crippen LogP contribution in [0.5, 0.6) is 0 Å². The van der Waals surface area contributed by atoms with Gasteiger partial charge in [-0.3, -0.25) is 9.59 Å². The van der Waals surface area contributed by atoms with Crippen molar-refractivity contribution >= 4 is 11.8 Å². The number of hydrogen-bond donors (Lipinski definition) is 0. The summed E-state index contributed by atoms with van der Waals surface area (Å²) in [6, 6.07) is 0. The maximum atomic E-state index is 12.5. The maximum Gasteiger partial charge on any atom is 0.306 e. The fraction of sp³-hybridized carbons (Fsp3) is 0.852. The highest BCUT2D eigenvalue weighted by atomic mass is 16.5. The Hall–Kier alpha value is -1.12. The monoisotopic (exact) mass is 414 g/mol. The molecule has 3 nitrogen and oxygen atoms in total. The van der Waals surface area contributed by atoms with Gasteiger partial charge in [0.15, 0.2) is 5.78 Å². The molecule has 0 heterocycles. The highest BCUT2D eigenvalue weighted by Crippen LogP contribution is 2.66. The highest BCUT2D eigenvalue weighted by molar-refractivity contribution is 5.91. The second-order valence-electron chi connectivity index (χ2n) is 11.3. The van der Waals surface area contributed by atoms with Crippen LogP contribution >= 0.6 is 0 Å². The van der Waals surface area contributed by atoms with E-state index in [1.807, 2.05) is 6.08 Å². The number of carbonyl (C=O) groups excluding carboxylic acids is 2. The van der Waals surface area contributed by atoms with Gasteiger partial charge in [0.05, 0.1) is 0 Å². The Labute approximate surface area is 183 Å². The van der Waals surface area contributed by atoms with Gasteiger partial charge in [-0.15, -0.1) is 0 Å². The second kappa shape index (κ2) is 8.43. The van der Waals surface area contributed by atoms with E-state index in [0.29, 0.717) is 30.0 Å². The minimum absolute atomic E-state index is 0.0281. The molecule has 0 bridgehead atoms. The van der Waals surface area contributed by atoms with Crippen molar-refractivity contribution in [1.82, 2.24) is 0 Å². The van der Waals surface area contributed by atoms with Gasteiger partial charge < -0.3 is 4.74 Å². The summed E-state index contributed by atoms with van der Waals surface area (Å²) in [4.78, 5) is 24.7. The van der Waals surface area contributed by atoms with E-state index >= 15 is 0 Å². The van der Waals surface area contributed by atoms with Crippen molar-refractivity contribution < 1.29 is 14.3 Å². The van der Waals surface area contributed by atoms with Gasteiger partial charge in [0.1, 0.15) is 6.10 Å². The van der Waals surface area contributed by atoms with Crippen LogP contribution in [0.25, 0.3) is 0 Å². The van der Waals surface area contributed by atoms with Gasteiger partial charge in [0.25, 0.3) is 0 Å². The van der Waals surface area contributed by atoms with E-state index in [0.717, 1.165) is 38.0 Å². The van der Waals surface area contributed by atoms with Gasteiger partial charge in [0, 0.05) is 18.3 Å². The molecule has 0 unspecified atom stereocenters. The number of fused-ring (bicyclic) bond motifs is 5. The lowest BCUT2D eigenvalue weighted by Crippen LogP contribution is -2.54. The number of ether oxygens (including phenoxy) is 1. The van der Waals surface area contributed by atoms with Gasteiger partial charge in [-0.2, -0.15) is 0 Å². The Morgan fingerprint density at radius 1 is 1.07 bits per heavy atom. The lowest BCUT2D eigenvalue weighted by atomic mass is 9.45. The number of unbranched alkanes of at least 4 members (excludes halogenated alkanes) is 3. The minimum atomic E-state index is 0.0281. The van der Waals surface area contributed by atoms with Crippen molar-refractivity contribution in [3.05, 3.63) is 11.6 Å². The summed E-state index contributed by atoms with van der Waals surface area (Å²) in [5.41, 5.74) is 1.66. The van der Waals surface area contributed by atoms with Crippen LogP contribution in [0.15, 0.2) is 11.6 Å². The molecule has 0 N–H and O–H groups in total. The van der Waals surface area contributed by atoms with Gasteiger partial charge in [0.2, 0.25) is 0 Å². The number of esters is 1. The van der Waals surface area contributed by atoms with E-state index in [1.165, 1.54) is 44.1 Å². The normalized spacial score (nSPS) is 42.7. The van der Waals surface area contributed by atoms with E-state index in [1.54, 1.807) is 0 Å². The van der Waals surface area contributed by atoms with Crippen molar-refractivity contribution in [2.75, 3.05) is 0 Å². The zero-order valence-corrected chi connectivity index (χ0v) is 19.7. The second-order valence-corrected chi connectivity index (χ2v) is 11.3. The van der Waals surface area contributed by atoms with E-state index in [-0.39, 0.29) is 22.9 Å². The van der Waals surface area contributed by atoms with Crippen LogP contribution in [-0.2, 0) is 14.3 Å². The summed E-state index contributed by atoms with van der Waals surface area (Å²) in [5.74, 6) is 2.95. The number of allylic oxidation sites excluding steroid dienone is 2. The van der Waals surface area contributed by atoms with Crippen molar-refractivity contribution in [1.29, 1.82) is 0 Å². The van der Waals surface area contributed by atoms with Crippen molar-refractivity contribution in [2.24, 2.45) is 34.5 Å². The first-order valence-corrected chi connectivity index (χ1v) is 12.7. The van der Waals surface area contributed by atoms with Crippen LogP contribution in [0, 0.1) is 34.5 Å². The quantitative estimate of drug-likeness (QED) is 0.361. The Morgan fingerprint density at radius 2 is 1.87 bits per heavy atom. The Kier molecular flexibility index (Phi) is 6.21. The highest BCUT2D eigenvalue weighted by Gasteiger charge is 2.61. The number of carbonyl (C=O) groups is 2. The van der Waals surface area contributed by atoms with Gasteiger partial charge in [-0.05, 0) is 87.0 Å². The molecule has 0 aromatic rings. The Balaban J connectivity index is 1.46. The van der Waals surface area contributed by atoms with Crippen LogP contribution in [0.4, 0.5) is 0 Å². The molecule has 0 aromatic carbocycles. The largest absolute Gasteiger partial charge is 0.462 e. The van der Waals surface area contributed by atoms with Crippen LogP contribution in [0.1, 0.15) is 105 Å². The van der Waals surface area contributed by atoms with Crippen molar-refractivity contribution in [3.63, 3.8) is 0 Å². The summed E-state index contributed by atoms with van der Waals surface area (Å²) >= 11 is 0. The molecule has 168 valence electrons. The molecule has 0 amide bonds. The molecule has 0 radical (unpaired) electrons. The SMILES string of the molecule is CCCCCCC(=O)O[C@H]1CC[C@H]2[C@@H]3CC[C@@H]4CC(=O)C=C(C)[C@]4(C)[C@H]3CC[C@]12C. The van der Waals surface area contributed by atoms with E-state index in [9.17, 15) is 9.59 Å². The standard InChI is InChI=1S/C27H42O3/c1-5-6-7-8-9-25(29)30-24-13-12-22-21-11-10-19-17-20(28)16-18(2)27(19,4)23(21)14-15-26(22,24)3/h16,19,21-24H,5-15,17H2,1-4H3/t19-,21+,22+,23+,24+,26+,27+/m1/s1. The molecule has 0 saturated heterocycles. The summed E-state index contributed by atoms with van der Waals surface area (Å²) in [7, 11) is 0. The predicted octanol–water partition coefficient (Wildman–Crippen LogP) is 6.65. The minimum Gasteiger partial charge on any atom is -0.462 e. The van der Waals surface area contributed by atoms with Crippen LogP contribution in [0.3, 0.4) is 0 Å². The molecule has 4 aliphatic carbocycles.